The van der Waals surface area contributed by atoms with E-state index in [1.165, 1.54) is 11.8 Å². The number of hydrogen-bond donors (Lipinski definition) is 3. The third-order valence-corrected chi connectivity index (χ3v) is 2.72. The van der Waals surface area contributed by atoms with Crippen molar-refractivity contribution in [2.45, 2.75) is 18.9 Å². The van der Waals surface area contributed by atoms with Gasteiger partial charge in [-0.25, -0.2) is 4.79 Å². The number of hydrogen-bond acceptors (Lipinski definition) is 4. The number of carboxylic acids is 1. The topological polar surface area (TPSA) is 89.9 Å². The van der Waals surface area contributed by atoms with Crippen LogP contribution in [-0.2, 0) is 4.79 Å². The highest BCUT2D eigenvalue weighted by Crippen LogP contribution is 2.07. The zero-order valence-corrected chi connectivity index (χ0v) is 11.2. The Balaban J connectivity index is 4.01. The first-order valence-electron chi connectivity index (χ1n) is 5.20. The number of carbonyl (C=O) groups is 2. The second-order valence-corrected chi connectivity index (χ2v) is 5.13. The maximum absolute atomic E-state index is 11.5. The molecule has 0 saturated carbocycles. The van der Waals surface area contributed by atoms with Gasteiger partial charge >= 0.3 is 12.0 Å². The van der Waals surface area contributed by atoms with E-state index in [-0.39, 0.29) is 12.6 Å². The Labute approximate surface area is 105 Å². The standard InChI is InChI=1S/C10H20N2O4S/c1-10(16,6-8(13)14)7-11-9(15)12(2)4-5-17-3/h16H,4-7H2,1-3H3,(H,11,15)(H,13,14). The van der Waals surface area contributed by atoms with Crippen molar-refractivity contribution in [3.8, 4) is 0 Å². The third kappa shape index (κ3) is 7.87. The molecule has 0 aliphatic carbocycles. The van der Waals surface area contributed by atoms with E-state index < -0.39 is 18.0 Å². The van der Waals surface area contributed by atoms with Crippen LogP contribution in [0.15, 0.2) is 0 Å². The predicted molar refractivity (Wildman–Crippen MR) is 67.3 cm³/mol. The zero-order chi connectivity index (χ0) is 13.5. The molecule has 0 spiro atoms. The van der Waals surface area contributed by atoms with Gasteiger partial charge in [0.1, 0.15) is 0 Å². The van der Waals surface area contributed by atoms with Crippen LogP contribution in [0.2, 0.25) is 0 Å². The highest BCUT2D eigenvalue weighted by molar-refractivity contribution is 7.98. The summed E-state index contributed by atoms with van der Waals surface area (Å²) in [5.41, 5.74) is -1.43. The fraction of sp³-hybridized carbons (Fsp3) is 0.800. The van der Waals surface area contributed by atoms with Crippen molar-refractivity contribution in [3.05, 3.63) is 0 Å². The van der Waals surface area contributed by atoms with Gasteiger partial charge in [0.2, 0.25) is 0 Å². The van der Waals surface area contributed by atoms with Gasteiger partial charge in [0.25, 0.3) is 0 Å². The summed E-state index contributed by atoms with van der Waals surface area (Å²) in [7, 11) is 1.65. The number of carbonyl (C=O) groups excluding carboxylic acids is 1. The number of rotatable bonds is 7. The van der Waals surface area contributed by atoms with Gasteiger partial charge in [-0.1, -0.05) is 0 Å². The molecule has 0 aromatic carbocycles. The van der Waals surface area contributed by atoms with Crippen molar-refractivity contribution in [1.29, 1.82) is 0 Å². The summed E-state index contributed by atoms with van der Waals surface area (Å²) in [6, 6.07) is -0.315. The molecule has 7 heteroatoms. The van der Waals surface area contributed by atoms with E-state index in [2.05, 4.69) is 5.32 Å². The van der Waals surface area contributed by atoms with Gasteiger partial charge in [-0.2, -0.15) is 11.8 Å². The van der Waals surface area contributed by atoms with Crippen LogP contribution in [-0.4, -0.2) is 64.9 Å². The van der Waals surface area contributed by atoms with Crippen LogP contribution >= 0.6 is 11.8 Å². The van der Waals surface area contributed by atoms with Crippen LogP contribution in [0.1, 0.15) is 13.3 Å². The van der Waals surface area contributed by atoms with Gasteiger partial charge in [0.05, 0.1) is 12.0 Å². The van der Waals surface area contributed by atoms with Gasteiger partial charge in [-0.05, 0) is 13.2 Å². The number of carboxylic acid groups (broad SMARTS) is 1. The fourth-order valence-electron chi connectivity index (χ4n) is 1.12. The number of aliphatic hydroxyl groups is 1. The summed E-state index contributed by atoms with van der Waals surface area (Å²) in [6.07, 6.45) is 1.55. The van der Waals surface area contributed by atoms with Crippen molar-refractivity contribution in [1.82, 2.24) is 10.2 Å². The maximum atomic E-state index is 11.5. The summed E-state index contributed by atoms with van der Waals surface area (Å²) >= 11 is 1.63. The Morgan fingerprint density at radius 3 is 2.53 bits per heavy atom. The van der Waals surface area contributed by atoms with Crippen LogP contribution in [0.3, 0.4) is 0 Å². The number of thioether (sulfide) groups is 1. The minimum absolute atomic E-state index is 0.0816. The van der Waals surface area contributed by atoms with E-state index in [9.17, 15) is 14.7 Å². The van der Waals surface area contributed by atoms with E-state index in [1.807, 2.05) is 6.26 Å². The molecular formula is C10H20N2O4S. The average Bonchev–Trinajstić information content (AvgIpc) is 2.20. The molecule has 0 radical (unpaired) electrons. The van der Waals surface area contributed by atoms with Crippen LogP contribution < -0.4 is 5.32 Å². The highest BCUT2D eigenvalue weighted by Gasteiger charge is 2.25. The van der Waals surface area contributed by atoms with E-state index >= 15 is 0 Å². The molecule has 0 heterocycles. The van der Waals surface area contributed by atoms with E-state index in [4.69, 9.17) is 5.11 Å². The first-order chi connectivity index (χ1) is 7.78. The molecule has 0 bridgehead atoms. The number of amides is 2. The fourth-order valence-corrected chi connectivity index (χ4v) is 1.58. The Morgan fingerprint density at radius 1 is 1.47 bits per heavy atom. The molecule has 0 aromatic heterocycles. The first-order valence-corrected chi connectivity index (χ1v) is 6.60. The first kappa shape index (κ1) is 16.1. The molecule has 2 amide bonds. The molecule has 100 valence electrons. The zero-order valence-electron chi connectivity index (χ0n) is 10.4. The molecule has 3 N–H and O–H groups in total. The quantitative estimate of drug-likeness (QED) is 0.612. The van der Waals surface area contributed by atoms with Crippen LogP contribution in [0, 0.1) is 0 Å². The molecule has 0 rings (SSSR count). The number of nitrogens with one attached hydrogen (secondary N) is 1. The number of urea groups is 1. The van der Waals surface area contributed by atoms with Crippen molar-refractivity contribution < 1.29 is 19.8 Å². The number of nitrogens with zero attached hydrogens (tertiary/aromatic N) is 1. The summed E-state index contributed by atoms with van der Waals surface area (Å²) in [4.78, 5) is 23.5. The molecule has 1 atom stereocenters. The van der Waals surface area contributed by atoms with Gasteiger partial charge in [0, 0.05) is 25.9 Å². The molecule has 0 saturated heterocycles. The summed E-state index contributed by atoms with van der Waals surface area (Å²) in [6.45, 7) is 1.90. The molecule has 0 aromatic rings. The second-order valence-electron chi connectivity index (χ2n) is 4.14. The van der Waals surface area contributed by atoms with Crippen molar-refractivity contribution in [2.24, 2.45) is 0 Å². The predicted octanol–water partition coefficient (Wildman–Crippen LogP) is 0.216. The lowest BCUT2D eigenvalue weighted by Gasteiger charge is -2.24. The SMILES string of the molecule is CSCCN(C)C(=O)NCC(C)(O)CC(=O)O. The van der Waals surface area contributed by atoms with Crippen molar-refractivity contribution in [3.63, 3.8) is 0 Å². The second kappa shape index (κ2) is 7.39. The Bertz CT molecular complexity index is 271. The van der Waals surface area contributed by atoms with E-state index in [0.717, 1.165) is 5.75 Å². The minimum atomic E-state index is -1.43. The van der Waals surface area contributed by atoms with Gasteiger partial charge < -0.3 is 20.4 Å². The Kier molecular flexibility index (Phi) is 6.98. The Morgan fingerprint density at radius 2 is 2.06 bits per heavy atom. The van der Waals surface area contributed by atoms with Crippen LogP contribution in [0.4, 0.5) is 4.79 Å². The molecule has 0 aliphatic heterocycles. The molecule has 0 fully saturated rings. The van der Waals surface area contributed by atoms with Gasteiger partial charge in [0.15, 0.2) is 0 Å². The lowest BCUT2D eigenvalue weighted by atomic mass is 10.0. The summed E-state index contributed by atoms with van der Waals surface area (Å²) < 4.78 is 0. The molecule has 1 unspecified atom stereocenters. The van der Waals surface area contributed by atoms with Crippen molar-refractivity contribution >= 4 is 23.8 Å². The molecule has 0 aliphatic rings. The van der Waals surface area contributed by atoms with Gasteiger partial charge in [-0.15, -0.1) is 0 Å². The smallest absolute Gasteiger partial charge is 0.317 e. The summed E-state index contributed by atoms with van der Waals surface area (Å²) in [5.74, 6) is -0.268. The summed E-state index contributed by atoms with van der Waals surface area (Å²) in [5, 5.41) is 20.7. The molecule has 17 heavy (non-hydrogen) atoms. The van der Waals surface area contributed by atoms with Crippen LogP contribution in [0.5, 0.6) is 0 Å². The highest BCUT2D eigenvalue weighted by atomic mass is 32.2. The lowest BCUT2D eigenvalue weighted by molar-refractivity contribution is -0.141. The largest absolute Gasteiger partial charge is 0.481 e. The molecule has 6 nitrogen and oxygen atoms in total. The minimum Gasteiger partial charge on any atom is -0.481 e. The lowest BCUT2D eigenvalue weighted by Crippen LogP contribution is -2.46. The monoisotopic (exact) mass is 264 g/mol. The number of aliphatic carboxylic acids is 1. The van der Waals surface area contributed by atoms with Gasteiger partial charge in [-0.3, -0.25) is 4.79 Å². The maximum Gasteiger partial charge on any atom is 0.317 e. The Hall–Kier alpha value is -0.950. The average molecular weight is 264 g/mol. The normalized spacial score (nSPS) is 13.9. The van der Waals surface area contributed by atoms with E-state index in [0.29, 0.717) is 6.54 Å². The van der Waals surface area contributed by atoms with E-state index in [1.54, 1.807) is 18.8 Å². The molecular weight excluding hydrogens is 244 g/mol. The van der Waals surface area contributed by atoms with Crippen LogP contribution in [0.25, 0.3) is 0 Å². The third-order valence-electron chi connectivity index (χ3n) is 2.13. The van der Waals surface area contributed by atoms with Crippen molar-refractivity contribution in [2.75, 3.05) is 32.1 Å².